The number of hydrogen-bond donors (Lipinski definition) is 1. The third-order valence-corrected chi connectivity index (χ3v) is 16.0. The summed E-state index contributed by atoms with van der Waals surface area (Å²) in [6, 6.07) is 23.7. The molecule has 3 amide bonds. The minimum atomic E-state index is -0.270. The normalized spacial score (nSPS) is 23.1. The lowest BCUT2D eigenvalue weighted by Crippen LogP contribution is -2.51. The molecule has 0 radical (unpaired) electrons. The second-order valence-electron chi connectivity index (χ2n) is 21.7. The molecule has 0 aromatic heterocycles. The average molecular weight is 872 g/mol. The van der Waals surface area contributed by atoms with Crippen LogP contribution in [0, 0.1) is 6.92 Å². The van der Waals surface area contributed by atoms with Crippen molar-refractivity contribution in [2.24, 2.45) is 0 Å². The van der Waals surface area contributed by atoms with Gasteiger partial charge in [0.05, 0.1) is 0 Å². The van der Waals surface area contributed by atoms with E-state index in [0.717, 1.165) is 82.8 Å². The first-order valence-corrected chi connectivity index (χ1v) is 25.2. The largest absolute Gasteiger partial charge is 0.415 e. The summed E-state index contributed by atoms with van der Waals surface area (Å²) < 4.78 is 5.70. The second-order valence-corrected chi connectivity index (χ2v) is 21.7. The van der Waals surface area contributed by atoms with Crippen LogP contribution in [-0.4, -0.2) is 115 Å². The third kappa shape index (κ3) is 10.2. The lowest BCUT2D eigenvalue weighted by Gasteiger charge is -2.42. The van der Waals surface area contributed by atoms with Crippen LogP contribution in [0.25, 0.3) is 0 Å². The lowest BCUT2D eigenvalue weighted by atomic mass is 9.78. The van der Waals surface area contributed by atoms with E-state index in [1.54, 1.807) is 0 Å². The summed E-state index contributed by atoms with van der Waals surface area (Å²) in [5.41, 5.74) is 8.96. The van der Waals surface area contributed by atoms with E-state index in [4.69, 9.17) is 4.74 Å². The van der Waals surface area contributed by atoms with Crippen molar-refractivity contribution in [2.75, 3.05) is 75.2 Å². The Hall–Kier alpha value is -4.28. The van der Waals surface area contributed by atoms with Gasteiger partial charge in [0.2, 0.25) is 0 Å². The summed E-state index contributed by atoms with van der Waals surface area (Å²) in [5, 5.41) is 3.30. The molecule has 4 heterocycles. The van der Waals surface area contributed by atoms with Crippen LogP contribution >= 0.6 is 0 Å². The van der Waals surface area contributed by atoms with Crippen LogP contribution < -0.4 is 19.9 Å². The zero-order chi connectivity index (χ0) is 44.4. The van der Waals surface area contributed by atoms with Crippen molar-refractivity contribution in [3.63, 3.8) is 0 Å². The predicted molar refractivity (Wildman–Crippen MR) is 260 cm³/mol. The number of urea groups is 1. The fraction of sp³-hybridized carbons (Fsp3) is 0.630. The summed E-state index contributed by atoms with van der Waals surface area (Å²) in [6.45, 7) is 22.9. The molecule has 346 valence electrons. The molecule has 0 unspecified atom stereocenters. The SMILES string of the molecule is CC1(C)CN(C(=O)NC2CCCC2)Cc2cc(N3CCN(C4CCCC4)CC3)ccc21.Cc1ccc(OC(=O)N2Cc3cc(N4CCN(C5CCCC5)CC4)ccc3C(C)(C)C2)cc1. The minimum Gasteiger partial charge on any atom is -0.410 e. The summed E-state index contributed by atoms with van der Waals surface area (Å²) >= 11 is 0. The molecule has 10 rings (SSSR count). The molecule has 0 bridgehead atoms. The molecule has 1 N–H and O–H groups in total. The molecule has 0 spiro atoms. The Bertz CT molecular complexity index is 2070. The molecule has 3 aromatic rings. The maximum atomic E-state index is 13.0. The van der Waals surface area contributed by atoms with E-state index in [-0.39, 0.29) is 23.0 Å². The average Bonchev–Trinajstić information content (AvgIpc) is 4.13. The number of hydrogen-bond acceptors (Lipinski definition) is 7. The van der Waals surface area contributed by atoms with Crippen LogP contribution in [0.15, 0.2) is 60.7 Å². The standard InChI is InChI=1S/C28H37N3O2.C26H40N4O/c1-21-8-11-25(12-9-21)33-27(32)31-19-22-18-24(10-13-26(22)28(2,3)20-31)30-16-14-29(15-17-30)23-6-4-5-7-23;1-26(2)19-30(25(31)27-21-7-3-4-8-21)18-20-17-23(11-12-24(20)26)29-15-13-28(14-16-29)22-9-5-6-10-22/h8-13,18,23H,4-7,14-17,19-20H2,1-3H3;11-12,17,21-22H,3-10,13-16,18-19H2,1-2H3,(H,27,31). The van der Waals surface area contributed by atoms with Crippen molar-refractivity contribution >= 4 is 23.5 Å². The Morgan fingerprint density at radius 1 is 0.562 bits per heavy atom. The van der Waals surface area contributed by atoms with E-state index in [0.29, 0.717) is 24.9 Å². The Morgan fingerprint density at radius 2 is 1.00 bits per heavy atom. The number of rotatable bonds is 6. The molecule has 10 nitrogen and oxygen atoms in total. The van der Waals surface area contributed by atoms with Gasteiger partial charge in [-0.1, -0.05) is 96.0 Å². The van der Waals surface area contributed by atoms with Gasteiger partial charge < -0.3 is 29.7 Å². The van der Waals surface area contributed by atoms with Gasteiger partial charge in [-0.25, -0.2) is 9.59 Å². The van der Waals surface area contributed by atoms with E-state index in [2.05, 4.69) is 89.0 Å². The van der Waals surface area contributed by atoms with Gasteiger partial charge in [0.15, 0.2) is 0 Å². The number of aryl methyl sites for hydroxylation is 1. The number of carbonyl (C=O) groups excluding carboxylic acids is 2. The zero-order valence-electron chi connectivity index (χ0n) is 39.9. The quantitative estimate of drug-likeness (QED) is 0.265. The van der Waals surface area contributed by atoms with E-state index in [1.807, 2.05) is 41.0 Å². The number of carbonyl (C=O) groups is 2. The lowest BCUT2D eigenvalue weighted by molar-refractivity contribution is 0.132. The van der Waals surface area contributed by atoms with Crippen molar-refractivity contribution in [1.29, 1.82) is 0 Å². The first-order chi connectivity index (χ1) is 30.9. The predicted octanol–water partition coefficient (Wildman–Crippen LogP) is 9.85. The maximum Gasteiger partial charge on any atom is 0.415 e. The second kappa shape index (κ2) is 19.3. The minimum absolute atomic E-state index is 0.0136. The Kier molecular flexibility index (Phi) is 13.5. The van der Waals surface area contributed by atoms with Crippen LogP contribution in [0.4, 0.5) is 21.0 Å². The Labute approximate surface area is 384 Å². The highest BCUT2D eigenvalue weighted by Crippen LogP contribution is 2.38. The van der Waals surface area contributed by atoms with Gasteiger partial charge in [-0.2, -0.15) is 0 Å². The molecule has 3 saturated carbocycles. The van der Waals surface area contributed by atoms with Crippen LogP contribution in [0.5, 0.6) is 5.75 Å². The number of amides is 3. The molecule has 2 saturated heterocycles. The maximum absolute atomic E-state index is 13.0. The monoisotopic (exact) mass is 872 g/mol. The summed E-state index contributed by atoms with van der Waals surface area (Å²) in [6.07, 6.45) is 15.7. The Morgan fingerprint density at radius 3 is 1.48 bits per heavy atom. The van der Waals surface area contributed by atoms with E-state index in [9.17, 15) is 9.59 Å². The van der Waals surface area contributed by atoms with Crippen LogP contribution in [0.2, 0.25) is 0 Å². The number of ether oxygens (including phenoxy) is 1. The highest BCUT2D eigenvalue weighted by atomic mass is 16.6. The number of nitrogens with zero attached hydrogens (tertiary/aromatic N) is 6. The van der Waals surface area contributed by atoms with Crippen LogP contribution in [0.1, 0.15) is 133 Å². The molecule has 4 aliphatic heterocycles. The van der Waals surface area contributed by atoms with Gasteiger partial charge in [0.1, 0.15) is 5.75 Å². The first-order valence-electron chi connectivity index (χ1n) is 25.2. The van der Waals surface area contributed by atoms with Crippen LogP contribution in [0.3, 0.4) is 0 Å². The molecule has 3 aliphatic carbocycles. The number of nitrogens with one attached hydrogen (secondary N) is 1. The summed E-state index contributed by atoms with van der Waals surface area (Å²) in [5.74, 6) is 0.600. The summed E-state index contributed by atoms with van der Waals surface area (Å²) in [4.78, 5) is 40.4. The van der Waals surface area contributed by atoms with Gasteiger partial charge in [0.25, 0.3) is 0 Å². The van der Waals surface area contributed by atoms with Gasteiger partial charge >= 0.3 is 12.1 Å². The first kappa shape index (κ1) is 44.9. The fourth-order valence-corrected chi connectivity index (χ4v) is 12.4. The molecule has 3 aromatic carbocycles. The zero-order valence-corrected chi connectivity index (χ0v) is 39.9. The van der Waals surface area contributed by atoms with Crippen molar-refractivity contribution in [1.82, 2.24) is 24.9 Å². The van der Waals surface area contributed by atoms with E-state index in [1.165, 1.54) is 111 Å². The van der Waals surface area contributed by atoms with Gasteiger partial charge in [-0.3, -0.25) is 9.80 Å². The third-order valence-electron chi connectivity index (χ3n) is 16.0. The van der Waals surface area contributed by atoms with Gasteiger partial charge in [-0.05, 0) is 104 Å². The van der Waals surface area contributed by atoms with E-state index < -0.39 is 0 Å². The van der Waals surface area contributed by atoms with Gasteiger partial charge in [-0.15, -0.1) is 0 Å². The molecule has 64 heavy (non-hydrogen) atoms. The summed E-state index contributed by atoms with van der Waals surface area (Å²) in [7, 11) is 0. The molecule has 7 aliphatic rings. The van der Waals surface area contributed by atoms with Crippen molar-refractivity contribution in [3.8, 4) is 5.75 Å². The highest BCUT2D eigenvalue weighted by Gasteiger charge is 2.37. The Balaban J connectivity index is 0.000000162. The van der Waals surface area contributed by atoms with Crippen molar-refractivity contribution < 1.29 is 14.3 Å². The van der Waals surface area contributed by atoms with E-state index >= 15 is 0 Å². The number of anilines is 2. The van der Waals surface area contributed by atoms with Crippen LogP contribution in [-0.2, 0) is 23.9 Å². The molecular weight excluding hydrogens is 795 g/mol. The smallest absolute Gasteiger partial charge is 0.410 e. The topological polar surface area (TPSA) is 74.8 Å². The fourth-order valence-electron chi connectivity index (χ4n) is 12.4. The molecular formula is C54H77N7O3. The van der Waals surface area contributed by atoms with Crippen molar-refractivity contribution in [3.05, 3.63) is 88.5 Å². The van der Waals surface area contributed by atoms with Crippen molar-refractivity contribution in [2.45, 2.75) is 154 Å². The molecule has 0 atom stereocenters. The molecule has 5 fully saturated rings. The highest BCUT2D eigenvalue weighted by molar-refractivity contribution is 5.75. The number of benzene rings is 3. The number of piperazine rings is 2. The molecule has 10 heteroatoms. The van der Waals surface area contributed by atoms with Gasteiger partial charge in [0, 0.05) is 119 Å². The number of fused-ring (bicyclic) bond motifs is 2.